The molecule has 0 aromatic heterocycles. The zero-order valence-corrected chi connectivity index (χ0v) is 13.6. The van der Waals surface area contributed by atoms with Crippen molar-refractivity contribution in [1.29, 1.82) is 0 Å². The van der Waals surface area contributed by atoms with Crippen LogP contribution in [-0.4, -0.2) is 29.6 Å². The molecular weight excluding hydrogens is 274 g/mol. The van der Waals surface area contributed by atoms with Crippen molar-refractivity contribution < 1.29 is 14.0 Å². The lowest BCUT2D eigenvalue weighted by Gasteiger charge is -2.43. The van der Waals surface area contributed by atoms with Crippen LogP contribution in [0.5, 0.6) is 5.75 Å². The molecule has 0 radical (unpaired) electrons. The number of aryl methyl sites for hydroxylation is 1. The second-order valence-corrected chi connectivity index (χ2v) is 8.21. The highest BCUT2D eigenvalue weighted by Gasteiger charge is 2.46. The molecule has 0 saturated carbocycles. The molecule has 0 bridgehead atoms. The lowest BCUT2D eigenvalue weighted by atomic mass is 9.88. The fourth-order valence-corrected chi connectivity index (χ4v) is 2.94. The zero-order valence-electron chi connectivity index (χ0n) is 12.8. The van der Waals surface area contributed by atoms with E-state index in [-0.39, 0.29) is 10.3 Å². The van der Waals surface area contributed by atoms with Crippen molar-refractivity contribution in [3.05, 3.63) is 29.3 Å². The van der Waals surface area contributed by atoms with E-state index >= 15 is 0 Å². The Labute approximate surface area is 124 Å². The zero-order chi connectivity index (χ0) is 15.0. The second kappa shape index (κ2) is 5.56. The highest BCUT2D eigenvalue weighted by atomic mass is 32.2. The van der Waals surface area contributed by atoms with E-state index in [1.54, 1.807) is 7.11 Å². The van der Waals surface area contributed by atoms with Crippen molar-refractivity contribution in [2.75, 3.05) is 20.3 Å². The Morgan fingerprint density at radius 2 is 2.00 bits per heavy atom. The van der Waals surface area contributed by atoms with Crippen LogP contribution in [0.3, 0.4) is 0 Å². The van der Waals surface area contributed by atoms with E-state index in [2.05, 4.69) is 4.72 Å². The van der Waals surface area contributed by atoms with E-state index in [0.29, 0.717) is 13.2 Å². The van der Waals surface area contributed by atoms with Gasteiger partial charge < -0.3 is 14.0 Å². The number of ether oxygens (including phenoxy) is 2. The monoisotopic (exact) mass is 297 g/mol. The quantitative estimate of drug-likeness (QED) is 0.866. The number of benzene rings is 1. The van der Waals surface area contributed by atoms with Crippen LogP contribution in [0.15, 0.2) is 18.2 Å². The number of hydrogen-bond donors (Lipinski definition) is 1. The molecule has 1 fully saturated rings. The molecule has 1 N–H and O–H groups in total. The minimum absolute atomic E-state index is 0.308. The lowest BCUT2D eigenvalue weighted by molar-refractivity contribution is -0.0667. The number of nitrogens with one attached hydrogen (secondary N) is 1. The van der Waals surface area contributed by atoms with Crippen LogP contribution in [0, 0.1) is 6.92 Å². The average molecular weight is 297 g/mol. The Morgan fingerprint density at radius 3 is 2.45 bits per heavy atom. The molecule has 0 amide bonds. The van der Waals surface area contributed by atoms with Gasteiger partial charge in [0.1, 0.15) is 16.0 Å². The first-order valence-electron chi connectivity index (χ1n) is 6.71. The van der Waals surface area contributed by atoms with Crippen molar-refractivity contribution in [3.63, 3.8) is 0 Å². The van der Waals surface area contributed by atoms with Gasteiger partial charge in [-0.1, -0.05) is 12.1 Å². The SMILES string of the molecule is COc1cc(C2(N[S+]([O-])C(C)(C)C)COC2)ccc1C. The molecule has 1 aromatic carbocycles. The Balaban J connectivity index is 2.27. The van der Waals surface area contributed by atoms with Gasteiger partial charge in [0, 0.05) is 11.4 Å². The number of rotatable bonds is 4. The van der Waals surface area contributed by atoms with Crippen LogP contribution in [0.25, 0.3) is 0 Å². The van der Waals surface area contributed by atoms with Gasteiger partial charge in [-0.3, -0.25) is 0 Å². The maximum Gasteiger partial charge on any atom is 0.136 e. The first kappa shape index (κ1) is 15.6. The number of methoxy groups -OCH3 is 1. The summed E-state index contributed by atoms with van der Waals surface area (Å²) in [4.78, 5) is 0. The van der Waals surface area contributed by atoms with Gasteiger partial charge in [0.15, 0.2) is 0 Å². The van der Waals surface area contributed by atoms with Crippen molar-refractivity contribution in [3.8, 4) is 5.75 Å². The molecule has 1 unspecified atom stereocenters. The summed E-state index contributed by atoms with van der Waals surface area (Å²) in [6.07, 6.45) is 0. The van der Waals surface area contributed by atoms with Crippen molar-refractivity contribution in [2.24, 2.45) is 0 Å². The third-order valence-electron chi connectivity index (χ3n) is 3.50. The summed E-state index contributed by atoms with van der Waals surface area (Å²) in [7, 11) is 1.66. The third kappa shape index (κ3) is 2.96. The summed E-state index contributed by atoms with van der Waals surface area (Å²) >= 11 is -1.14. The summed E-state index contributed by atoms with van der Waals surface area (Å²) in [5.74, 6) is 0.845. The molecule has 1 saturated heterocycles. The summed E-state index contributed by atoms with van der Waals surface area (Å²) < 4.78 is 26.1. The predicted molar refractivity (Wildman–Crippen MR) is 81.3 cm³/mol. The summed E-state index contributed by atoms with van der Waals surface area (Å²) in [6, 6.07) is 6.08. The van der Waals surface area contributed by atoms with Crippen LogP contribution in [0.2, 0.25) is 0 Å². The first-order chi connectivity index (χ1) is 9.28. The molecule has 4 nitrogen and oxygen atoms in total. The highest BCUT2D eigenvalue weighted by molar-refractivity contribution is 7.90. The molecule has 1 aliphatic rings. The van der Waals surface area contributed by atoms with Crippen molar-refractivity contribution in [1.82, 2.24) is 4.72 Å². The van der Waals surface area contributed by atoms with E-state index < -0.39 is 11.4 Å². The molecule has 1 aromatic rings. The maximum absolute atomic E-state index is 12.4. The fourth-order valence-electron chi connectivity index (χ4n) is 2.04. The summed E-state index contributed by atoms with van der Waals surface area (Å²) in [6.45, 7) is 8.94. The van der Waals surface area contributed by atoms with Gasteiger partial charge in [0.05, 0.1) is 20.3 Å². The molecular formula is C15H23NO3S. The van der Waals surface area contributed by atoms with Crippen LogP contribution in [-0.2, 0) is 21.6 Å². The molecule has 1 aliphatic heterocycles. The van der Waals surface area contributed by atoms with Crippen LogP contribution in [0.4, 0.5) is 0 Å². The van der Waals surface area contributed by atoms with Crippen LogP contribution < -0.4 is 9.46 Å². The molecule has 0 spiro atoms. The lowest BCUT2D eigenvalue weighted by Crippen LogP contribution is -2.61. The standard InChI is InChI=1S/C15H23NO3S/c1-11-6-7-12(8-13(11)18-5)15(9-19-10-15)16-20(17)14(2,3)4/h6-8,16H,9-10H2,1-5H3. The molecule has 2 rings (SSSR count). The molecule has 112 valence electrons. The van der Waals surface area contributed by atoms with E-state index in [9.17, 15) is 4.55 Å². The number of hydrogen-bond acceptors (Lipinski definition) is 4. The van der Waals surface area contributed by atoms with E-state index in [1.165, 1.54) is 0 Å². The Hall–Kier alpha value is -0.750. The minimum atomic E-state index is -1.14. The topological polar surface area (TPSA) is 53.5 Å². The Morgan fingerprint density at radius 1 is 1.35 bits per heavy atom. The van der Waals surface area contributed by atoms with Gasteiger partial charge in [0.2, 0.25) is 0 Å². The summed E-state index contributed by atoms with van der Waals surface area (Å²) in [5.41, 5.74) is 1.77. The van der Waals surface area contributed by atoms with Crippen molar-refractivity contribution in [2.45, 2.75) is 38.0 Å². The van der Waals surface area contributed by atoms with Crippen molar-refractivity contribution >= 4 is 11.4 Å². The molecule has 1 atom stereocenters. The molecule has 5 heteroatoms. The second-order valence-electron chi connectivity index (χ2n) is 6.24. The normalized spacial score (nSPS) is 19.3. The third-order valence-corrected chi connectivity index (χ3v) is 5.19. The summed E-state index contributed by atoms with van der Waals surface area (Å²) in [5, 5.41) is 0. The smallest absolute Gasteiger partial charge is 0.136 e. The van der Waals surface area contributed by atoms with Gasteiger partial charge in [0.25, 0.3) is 0 Å². The molecule has 0 aliphatic carbocycles. The Bertz CT molecular complexity index is 480. The van der Waals surface area contributed by atoms with Gasteiger partial charge in [-0.2, -0.15) is 0 Å². The van der Waals surface area contributed by atoms with E-state index in [4.69, 9.17) is 9.47 Å². The van der Waals surface area contributed by atoms with E-state index in [1.807, 2.05) is 45.9 Å². The molecule has 1 heterocycles. The van der Waals surface area contributed by atoms with E-state index in [0.717, 1.165) is 16.9 Å². The molecule has 20 heavy (non-hydrogen) atoms. The predicted octanol–water partition coefficient (Wildman–Crippen LogP) is 2.28. The maximum atomic E-state index is 12.4. The van der Waals surface area contributed by atoms with Gasteiger partial charge in [-0.25, -0.2) is 0 Å². The average Bonchev–Trinajstić information content (AvgIpc) is 2.33. The first-order valence-corrected chi connectivity index (χ1v) is 7.86. The van der Waals surface area contributed by atoms with Gasteiger partial charge in [-0.05, 0) is 44.9 Å². The minimum Gasteiger partial charge on any atom is -0.598 e. The highest BCUT2D eigenvalue weighted by Crippen LogP contribution is 2.35. The fraction of sp³-hybridized carbons (Fsp3) is 0.600. The Kier molecular flexibility index (Phi) is 4.35. The van der Waals surface area contributed by atoms with Gasteiger partial charge in [-0.15, -0.1) is 4.72 Å². The van der Waals surface area contributed by atoms with Gasteiger partial charge >= 0.3 is 0 Å². The van der Waals surface area contributed by atoms with Crippen LogP contribution >= 0.6 is 0 Å². The largest absolute Gasteiger partial charge is 0.598 e. The van der Waals surface area contributed by atoms with Crippen LogP contribution in [0.1, 0.15) is 31.9 Å².